The number of hydrogen-bond donors (Lipinski definition) is 0. The van der Waals surface area contributed by atoms with E-state index < -0.39 is 18.4 Å². The minimum Gasteiger partial charge on any atom is -0.463 e. The largest absolute Gasteiger partial charge is 0.463 e. The lowest BCUT2D eigenvalue weighted by molar-refractivity contribution is -0.158. The quantitative estimate of drug-likeness (QED) is 0.748. The van der Waals surface area contributed by atoms with Crippen molar-refractivity contribution in [1.82, 2.24) is 0 Å². The average molecular weight is 278 g/mol. The van der Waals surface area contributed by atoms with E-state index in [-0.39, 0.29) is 5.95 Å². The molecule has 5 heteroatoms. The Hall–Kier alpha value is -2.17. The molecule has 0 radical (unpaired) electrons. The van der Waals surface area contributed by atoms with Gasteiger partial charge >= 0.3 is 11.9 Å². The Morgan fingerprint density at radius 3 is 2.80 bits per heavy atom. The highest BCUT2D eigenvalue weighted by Gasteiger charge is 2.25. The van der Waals surface area contributed by atoms with Gasteiger partial charge in [-0.3, -0.25) is 0 Å². The second-order valence-electron chi connectivity index (χ2n) is 4.32. The summed E-state index contributed by atoms with van der Waals surface area (Å²) in [5, 5.41) is 0. The Morgan fingerprint density at radius 2 is 2.10 bits per heavy atom. The zero-order valence-corrected chi connectivity index (χ0v) is 11.6. The van der Waals surface area contributed by atoms with Gasteiger partial charge in [0.25, 0.3) is 0 Å². The van der Waals surface area contributed by atoms with E-state index in [2.05, 4.69) is 0 Å². The standard InChI is InChI=1S/C15H18O5/c1-3-17-15(16)11(2)19-14-10-18-13(20-14)9-12-7-5-4-6-8-12/h4-8,10-11,13H,3,9H2,1-2H3. The summed E-state index contributed by atoms with van der Waals surface area (Å²) in [5.41, 5.74) is 1.10. The highest BCUT2D eigenvalue weighted by atomic mass is 16.8. The zero-order valence-electron chi connectivity index (χ0n) is 11.6. The van der Waals surface area contributed by atoms with Gasteiger partial charge in [-0.15, -0.1) is 0 Å². The first-order valence-corrected chi connectivity index (χ1v) is 6.58. The molecular formula is C15H18O5. The molecule has 0 bridgehead atoms. The monoisotopic (exact) mass is 278 g/mol. The zero-order chi connectivity index (χ0) is 14.4. The van der Waals surface area contributed by atoms with E-state index in [9.17, 15) is 4.79 Å². The van der Waals surface area contributed by atoms with E-state index in [0.29, 0.717) is 13.0 Å². The lowest BCUT2D eigenvalue weighted by Gasteiger charge is -2.15. The summed E-state index contributed by atoms with van der Waals surface area (Å²) >= 11 is 0. The van der Waals surface area contributed by atoms with E-state index in [0.717, 1.165) is 5.56 Å². The molecule has 0 spiro atoms. The number of carbonyl (C=O) groups is 1. The van der Waals surface area contributed by atoms with Gasteiger partial charge in [-0.05, 0) is 19.4 Å². The maximum absolute atomic E-state index is 11.4. The third-order valence-corrected chi connectivity index (χ3v) is 2.72. The number of carbonyl (C=O) groups excluding carboxylic acids is 1. The first-order chi connectivity index (χ1) is 9.69. The molecule has 2 rings (SSSR count). The van der Waals surface area contributed by atoms with Crippen molar-refractivity contribution in [3.05, 3.63) is 48.1 Å². The summed E-state index contributed by atoms with van der Waals surface area (Å²) in [7, 11) is 0. The first kappa shape index (κ1) is 14.2. The average Bonchev–Trinajstić information content (AvgIpc) is 2.87. The van der Waals surface area contributed by atoms with Crippen LogP contribution in [0.1, 0.15) is 19.4 Å². The Bertz CT molecular complexity index is 468. The van der Waals surface area contributed by atoms with Gasteiger partial charge in [0.05, 0.1) is 6.61 Å². The van der Waals surface area contributed by atoms with Crippen molar-refractivity contribution in [1.29, 1.82) is 0 Å². The Morgan fingerprint density at radius 1 is 1.35 bits per heavy atom. The summed E-state index contributed by atoms with van der Waals surface area (Å²) in [6.07, 6.45) is 0.837. The SMILES string of the molecule is CCOC(=O)C(C)OC1=COC(Cc2ccccc2)O1. The van der Waals surface area contributed by atoms with Crippen molar-refractivity contribution in [3.8, 4) is 0 Å². The van der Waals surface area contributed by atoms with Gasteiger partial charge in [-0.1, -0.05) is 30.3 Å². The van der Waals surface area contributed by atoms with Crippen LogP contribution in [0.15, 0.2) is 42.5 Å². The third-order valence-electron chi connectivity index (χ3n) is 2.72. The van der Waals surface area contributed by atoms with Crippen molar-refractivity contribution < 1.29 is 23.7 Å². The minimum atomic E-state index is -0.722. The Labute approximate surface area is 118 Å². The van der Waals surface area contributed by atoms with Crippen LogP contribution in [0.3, 0.4) is 0 Å². The van der Waals surface area contributed by atoms with Crippen LogP contribution in [0, 0.1) is 0 Å². The van der Waals surface area contributed by atoms with E-state index >= 15 is 0 Å². The number of rotatable bonds is 6. The molecule has 108 valence electrons. The molecule has 0 saturated heterocycles. The highest BCUT2D eigenvalue weighted by Crippen LogP contribution is 2.20. The molecule has 0 fully saturated rings. The molecule has 0 aromatic heterocycles. The van der Waals surface area contributed by atoms with Crippen LogP contribution in [-0.2, 0) is 30.2 Å². The van der Waals surface area contributed by atoms with Crippen molar-refractivity contribution in [2.75, 3.05) is 6.61 Å². The second kappa shape index (κ2) is 6.84. The molecular weight excluding hydrogens is 260 g/mol. The Kier molecular flexibility index (Phi) is 4.87. The fraction of sp³-hybridized carbons (Fsp3) is 0.400. The smallest absolute Gasteiger partial charge is 0.347 e. The summed E-state index contributed by atoms with van der Waals surface area (Å²) in [4.78, 5) is 11.4. The number of hydrogen-bond acceptors (Lipinski definition) is 5. The molecule has 2 atom stereocenters. The van der Waals surface area contributed by atoms with Crippen LogP contribution in [0.5, 0.6) is 0 Å². The summed E-state index contributed by atoms with van der Waals surface area (Å²) < 4.78 is 21.0. The van der Waals surface area contributed by atoms with E-state index in [4.69, 9.17) is 18.9 Å². The maximum atomic E-state index is 11.4. The van der Waals surface area contributed by atoms with Crippen molar-refractivity contribution >= 4 is 5.97 Å². The molecule has 0 amide bonds. The van der Waals surface area contributed by atoms with Gasteiger partial charge in [-0.2, -0.15) is 0 Å². The number of esters is 1. The predicted octanol–water partition coefficient (Wildman–Crippen LogP) is 2.37. The predicted molar refractivity (Wildman–Crippen MR) is 71.4 cm³/mol. The maximum Gasteiger partial charge on any atom is 0.347 e. The fourth-order valence-electron chi connectivity index (χ4n) is 1.75. The molecule has 5 nitrogen and oxygen atoms in total. The van der Waals surface area contributed by atoms with E-state index in [1.165, 1.54) is 6.26 Å². The van der Waals surface area contributed by atoms with Crippen LogP contribution in [0.2, 0.25) is 0 Å². The van der Waals surface area contributed by atoms with Gasteiger partial charge in [0.15, 0.2) is 12.4 Å². The van der Waals surface area contributed by atoms with E-state index in [1.807, 2.05) is 30.3 Å². The van der Waals surface area contributed by atoms with Crippen LogP contribution in [-0.4, -0.2) is 25.0 Å². The van der Waals surface area contributed by atoms with Crippen molar-refractivity contribution in [3.63, 3.8) is 0 Å². The van der Waals surface area contributed by atoms with Crippen LogP contribution < -0.4 is 0 Å². The molecule has 1 aromatic carbocycles. The van der Waals surface area contributed by atoms with Crippen molar-refractivity contribution in [2.45, 2.75) is 32.7 Å². The van der Waals surface area contributed by atoms with Crippen LogP contribution in [0.4, 0.5) is 0 Å². The normalized spacial score (nSPS) is 18.5. The summed E-state index contributed by atoms with van der Waals surface area (Å²) in [5.74, 6) is -0.227. The topological polar surface area (TPSA) is 54.0 Å². The van der Waals surface area contributed by atoms with Gasteiger partial charge in [-0.25, -0.2) is 4.79 Å². The third kappa shape index (κ3) is 3.91. The van der Waals surface area contributed by atoms with Gasteiger partial charge in [0.2, 0.25) is 6.29 Å². The number of benzene rings is 1. The van der Waals surface area contributed by atoms with Crippen LogP contribution >= 0.6 is 0 Å². The van der Waals surface area contributed by atoms with Gasteiger partial charge < -0.3 is 18.9 Å². The molecule has 1 aromatic rings. The summed E-state index contributed by atoms with van der Waals surface area (Å²) in [6, 6.07) is 9.85. The second-order valence-corrected chi connectivity index (χ2v) is 4.32. The Balaban J connectivity index is 1.78. The minimum absolute atomic E-state index is 0.200. The molecule has 20 heavy (non-hydrogen) atoms. The molecule has 1 aliphatic rings. The molecule has 1 heterocycles. The first-order valence-electron chi connectivity index (χ1n) is 6.58. The number of ether oxygens (including phenoxy) is 4. The lowest BCUT2D eigenvalue weighted by Crippen LogP contribution is -2.24. The molecule has 1 aliphatic heterocycles. The summed E-state index contributed by atoms with van der Waals surface area (Å²) in [6.45, 7) is 3.67. The van der Waals surface area contributed by atoms with Crippen LogP contribution in [0.25, 0.3) is 0 Å². The molecule has 2 unspecified atom stereocenters. The fourth-order valence-corrected chi connectivity index (χ4v) is 1.75. The highest BCUT2D eigenvalue weighted by molar-refractivity contribution is 5.74. The van der Waals surface area contributed by atoms with Gasteiger partial charge in [0, 0.05) is 6.42 Å². The lowest BCUT2D eigenvalue weighted by atomic mass is 10.1. The van der Waals surface area contributed by atoms with Gasteiger partial charge in [0.1, 0.15) is 0 Å². The molecule has 0 aliphatic carbocycles. The van der Waals surface area contributed by atoms with E-state index in [1.54, 1.807) is 13.8 Å². The molecule has 0 saturated carbocycles. The van der Waals surface area contributed by atoms with Crippen molar-refractivity contribution in [2.24, 2.45) is 0 Å². The molecule has 0 N–H and O–H groups in total.